The predicted molar refractivity (Wildman–Crippen MR) is 102 cm³/mol. The smallest absolute Gasteiger partial charge is 0.230 e. The van der Waals surface area contributed by atoms with Gasteiger partial charge in [-0.3, -0.25) is 4.79 Å². The average Bonchev–Trinajstić information content (AvgIpc) is 2.56. The van der Waals surface area contributed by atoms with Gasteiger partial charge in [0.1, 0.15) is 0 Å². The highest BCUT2D eigenvalue weighted by Gasteiger charge is 2.02. The Labute approximate surface area is 147 Å². The summed E-state index contributed by atoms with van der Waals surface area (Å²) in [7, 11) is 0. The molecular weight excluding hydrogens is 322 g/mol. The Morgan fingerprint density at radius 3 is 2.22 bits per heavy atom. The molecule has 0 aliphatic heterocycles. The number of rotatable bonds is 8. The molecule has 1 N–H and O–H groups in total. The third-order valence-electron chi connectivity index (χ3n) is 3.35. The van der Waals surface area contributed by atoms with Crippen LogP contribution in [0.1, 0.15) is 16.7 Å². The van der Waals surface area contributed by atoms with Crippen LogP contribution in [-0.2, 0) is 10.5 Å². The van der Waals surface area contributed by atoms with Crippen molar-refractivity contribution in [3.63, 3.8) is 0 Å². The van der Waals surface area contributed by atoms with Gasteiger partial charge in [-0.1, -0.05) is 47.5 Å². The van der Waals surface area contributed by atoms with Gasteiger partial charge in [0.05, 0.1) is 5.75 Å². The Bertz CT molecular complexity index is 608. The third kappa shape index (κ3) is 7.14. The summed E-state index contributed by atoms with van der Waals surface area (Å²) in [6.07, 6.45) is 0. The van der Waals surface area contributed by atoms with Crippen LogP contribution in [0.25, 0.3) is 0 Å². The number of carbonyl (C=O) groups is 1. The van der Waals surface area contributed by atoms with Crippen LogP contribution in [0.15, 0.2) is 53.4 Å². The summed E-state index contributed by atoms with van der Waals surface area (Å²) in [5.41, 5.74) is 3.86. The van der Waals surface area contributed by atoms with Crippen molar-refractivity contribution < 1.29 is 4.79 Å². The van der Waals surface area contributed by atoms with Gasteiger partial charge in [-0.2, -0.15) is 11.8 Å². The lowest BCUT2D eigenvalue weighted by Crippen LogP contribution is -2.27. The van der Waals surface area contributed by atoms with Gasteiger partial charge >= 0.3 is 0 Å². The fourth-order valence-corrected chi connectivity index (χ4v) is 3.52. The molecule has 2 aromatic carbocycles. The van der Waals surface area contributed by atoms with Crippen molar-refractivity contribution in [2.45, 2.75) is 24.5 Å². The fourth-order valence-electron chi connectivity index (χ4n) is 1.97. The molecule has 0 unspecified atom stereocenters. The zero-order chi connectivity index (χ0) is 16.5. The second kappa shape index (κ2) is 9.68. The third-order valence-corrected chi connectivity index (χ3v) is 5.39. The lowest BCUT2D eigenvalue weighted by atomic mass is 10.2. The van der Waals surface area contributed by atoms with Crippen LogP contribution >= 0.6 is 23.5 Å². The summed E-state index contributed by atoms with van der Waals surface area (Å²) < 4.78 is 0. The first-order valence-electron chi connectivity index (χ1n) is 7.73. The number of amides is 1. The van der Waals surface area contributed by atoms with Crippen molar-refractivity contribution in [1.82, 2.24) is 5.32 Å². The Kier molecular flexibility index (Phi) is 7.56. The van der Waals surface area contributed by atoms with Crippen molar-refractivity contribution in [3.05, 3.63) is 65.2 Å². The van der Waals surface area contributed by atoms with E-state index in [9.17, 15) is 4.79 Å². The van der Waals surface area contributed by atoms with Gasteiger partial charge in [0, 0.05) is 22.9 Å². The molecule has 0 aliphatic rings. The monoisotopic (exact) mass is 345 g/mol. The second-order valence-corrected chi connectivity index (χ2v) is 7.64. The Hall–Kier alpha value is -1.39. The number of nitrogens with one attached hydrogen (secondary N) is 1. The van der Waals surface area contributed by atoms with Gasteiger partial charge in [-0.05, 0) is 31.5 Å². The SMILES string of the molecule is Cc1ccc(CSCCNC(=O)CSc2ccc(C)cc2)cc1. The van der Waals surface area contributed by atoms with Gasteiger partial charge in [-0.25, -0.2) is 0 Å². The number of carbonyl (C=O) groups excluding carboxylic acids is 1. The molecule has 2 nitrogen and oxygen atoms in total. The Balaban J connectivity index is 1.56. The maximum absolute atomic E-state index is 11.8. The highest BCUT2D eigenvalue weighted by atomic mass is 32.2. The van der Waals surface area contributed by atoms with Gasteiger partial charge in [0.25, 0.3) is 0 Å². The molecule has 0 fully saturated rings. The van der Waals surface area contributed by atoms with E-state index in [1.807, 2.05) is 11.8 Å². The highest BCUT2D eigenvalue weighted by molar-refractivity contribution is 8.00. The molecule has 1 amide bonds. The summed E-state index contributed by atoms with van der Waals surface area (Å²) in [4.78, 5) is 13.0. The molecule has 0 bridgehead atoms. The van der Waals surface area contributed by atoms with Crippen LogP contribution < -0.4 is 5.32 Å². The molecule has 0 aromatic heterocycles. The minimum absolute atomic E-state index is 0.103. The van der Waals surface area contributed by atoms with Gasteiger partial charge in [-0.15, -0.1) is 11.8 Å². The second-order valence-electron chi connectivity index (χ2n) is 5.49. The van der Waals surface area contributed by atoms with E-state index in [-0.39, 0.29) is 5.91 Å². The van der Waals surface area contributed by atoms with Crippen molar-refractivity contribution in [2.24, 2.45) is 0 Å². The summed E-state index contributed by atoms with van der Waals surface area (Å²) in [6.45, 7) is 4.89. The zero-order valence-corrected chi connectivity index (χ0v) is 15.3. The van der Waals surface area contributed by atoms with Gasteiger partial charge < -0.3 is 5.32 Å². The minimum Gasteiger partial charge on any atom is -0.355 e. The number of benzene rings is 2. The normalized spacial score (nSPS) is 10.5. The Morgan fingerprint density at radius 1 is 0.957 bits per heavy atom. The lowest BCUT2D eigenvalue weighted by molar-refractivity contribution is -0.118. The summed E-state index contributed by atoms with van der Waals surface area (Å²) in [6, 6.07) is 16.9. The standard InChI is InChI=1S/C19H23NOS2/c1-15-3-7-17(8-4-15)13-22-12-11-20-19(21)14-23-18-9-5-16(2)6-10-18/h3-10H,11-14H2,1-2H3,(H,20,21). The molecule has 0 atom stereocenters. The molecule has 4 heteroatoms. The maximum atomic E-state index is 11.8. The maximum Gasteiger partial charge on any atom is 0.230 e. The van der Waals surface area contributed by atoms with E-state index >= 15 is 0 Å². The van der Waals surface area contributed by atoms with Crippen LogP contribution in [0.4, 0.5) is 0 Å². The summed E-state index contributed by atoms with van der Waals surface area (Å²) in [5, 5.41) is 2.98. The molecule has 0 aliphatic carbocycles. The molecular formula is C19H23NOS2. The first-order valence-corrected chi connectivity index (χ1v) is 9.87. The number of hydrogen-bond donors (Lipinski definition) is 1. The topological polar surface area (TPSA) is 29.1 Å². The molecule has 0 saturated carbocycles. The Morgan fingerprint density at radius 2 is 1.57 bits per heavy atom. The lowest BCUT2D eigenvalue weighted by Gasteiger charge is -2.06. The quantitative estimate of drug-likeness (QED) is 0.566. The van der Waals surface area contributed by atoms with E-state index in [0.717, 1.165) is 22.9 Å². The number of hydrogen-bond acceptors (Lipinski definition) is 3. The average molecular weight is 346 g/mol. The first-order chi connectivity index (χ1) is 11.1. The molecule has 0 saturated heterocycles. The number of aryl methyl sites for hydroxylation is 2. The summed E-state index contributed by atoms with van der Waals surface area (Å²) >= 11 is 3.43. The summed E-state index contributed by atoms with van der Waals surface area (Å²) in [5.74, 6) is 2.51. The van der Waals surface area contributed by atoms with E-state index in [1.165, 1.54) is 16.7 Å². The largest absolute Gasteiger partial charge is 0.355 e. The molecule has 23 heavy (non-hydrogen) atoms. The molecule has 0 radical (unpaired) electrons. The predicted octanol–water partition coefficient (Wildman–Crippen LogP) is 4.45. The zero-order valence-electron chi connectivity index (χ0n) is 13.7. The van der Waals surface area contributed by atoms with Crippen LogP contribution in [0.3, 0.4) is 0 Å². The molecule has 2 aromatic rings. The minimum atomic E-state index is 0.103. The van der Waals surface area contributed by atoms with Crippen molar-refractivity contribution in [3.8, 4) is 0 Å². The van der Waals surface area contributed by atoms with Gasteiger partial charge in [0.15, 0.2) is 0 Å². The van der Waals surface area contributed by atoms with E-state index < -0.39 is 0 Å². The van der Waals surface area contributed by atoms with Crippen molar-refractivity contribution >= 4 is 29.4 Å². The van der Waals surface area contributed by atoms with E-state index in [0.29, 0.717) is 5.75 Å². The van der Waals surface area contributed by atoms with Gasteiger partial charge in [0.2, 0.25) is 5.91 Å². The molecule has 0 heterocycles. The van der Waals surface area contributed by atoms with E-state index in [2.05, 4.69) is 67.7 Å². The molecule has 122 valence electrons. The molecule has 2 rings (SSSR count). The van der Waals surface area contributed by atoms with Crippen molar-refractivity contribution in [1.29, 1.82) is 0 Å². The first kappa shape index (κ1) is 18.0. The number of thioether (sulfide) groups is 2. The van der Waals surface area contributed by atoms with Crippen molar-refractivity contribution in [2.75, 3.05) is 18.1 Å². The van der Waals surface area contributed by atoms with Crippen LogP contribution in [0, 0.1) is 13.8 Å². The van der Waals surface area contributed by atoms with E-state index in [1.54, 1.807) is 11.8 Å². The van der Waals surface area contributed by atoms with E-state index in [4.69, 9.17) is 0 Å². The van der Waals surface area contributed by atoms with Crippen LogP contribution in [0.5, 0.6) is 0 Å². The van der Waals surface area contributed by atoms with Crippen LogP contribution in [-0.4, -0.2) is 24.0 Å². The van der Waals surface area contributed by atoms with Crippen LogP contribution in [0.2, 0.25) is 0 Å². The molecule has 0 spiro atoms. The fraction of sp³-hybridized carbons (Fsp3) is 0.316. The highest BCUT2D eigenvalue weighted by Crippen LogP contribution is 2.17.